The van der Waals surface area contributed by atoms with Crippen LogP contribution in [0.4, 0.5) is 0 Å². The second-order valence-corrected chi connectivity index (χ2v) is 7.25. The molecule has 0 spiro atoms. The highest BCUT2D eigenvalue weighted by molar-refractivity contribution is 5.96. The van der Waals surface area contributed by atoms with Crippen LogP contribution in [0.25, 0.3) is 0 Å². The van der Waals surface area contributed by atoms with Crippen molar-refractivity contribution in [3.8, 4) is 11.5 Å². The molecule has 6 nitrogen and oxygen atoms in total. The van der Waals surface area contributed by atoms with E-state index < -0.39 is 0 Å². The van der Waals surface area contributed by atoms with Gasteiger partial charge in [0.15, 0.2) is 0 Å². The molecule has 0 unspecified atom stereocenters. The quantitative estimate of drug-likeness (QED) is 0.488. The Labute approximate surface area is 183 Å². The molecule has 0 fully saturated rings. The number of carbonyl (C=O) groups is 1. The number of ether oxygens (including phenoxy) is 3. The van der Waals surface area contributed by atoms with Gasteiger partial charge in [0, 0.05) is 32.6 Å². The van der Waals surface area contributed by atoms with Crippen LogP contribution >= 0.6 is 0 Å². The molecule has 162 valence electrons. The first-order valence-electron chi connectivity index (χ1n) is 10.2. The fraction of sp³-hybridized carbons (Fsp3) is 0.280. The summed E-state index contributed by atoms with van der Waals surface area (Å²) >= 11 is 0. The number of methoxy groups -OCH3 is 2. The summed E-state index contributed by atoms with van der Waals surface area (Å²) in [5.41, 5.74) is 2.50. The molecule has 2 aromatic carbocycles. The fourth-order valence-electron chi connectivity index (χ4n) is 3.34. The second-order valence-electron chi connectivity index (χ2n) is 7.25. The van der Waals surface area contributed by atoms with Crippen molar-refractivity contribution in [1.82, 2.24) is 9.88 Å². The minimum atomic E-state index is -0.103. The van der Waals surface area contributed by atoms with Crippen LogP contribution in [0.3, 0.4) is 0 Å². The summed E-state index contributed by atoms with van der Waals surface area (Å²) in [6.07, 6.45) is 3.39. The summed E-state index contributed by atoms with van der Waals surface area (Å²) < 4.78 is 16.5. The Kier molecular flexibility index (Phi) is 8.01. The van der Waals surface area contributed by atoms with Gasteiger partial charge in [-0.3, -0.25) is 9.78 Å². The smallest absolute Gasteiger partial charge is 0.258 e. The average molecular weight is 421 g/mol. The molecule has 0 radical (unpaired) electrons. The second kappa shape index (κ2) is 11.1. The molecule has 0 aliphatic rings. The van der Waals surface area contributed by atoms with E-state index >= 15 is 0 Å². The summed E-state index contributed by atoms with van der Waals surface area (Å²) in [5.74, 6) is 1.20. The van der Waals surface area contributed by atoms with Gasteiger partial charge in [-0.05, 0) is 54.4 Å². The Morgan fingerprint density at radius 2 is 1.71 bits per heavy atom. The molecule has 1 heterocycles. The van der Waals surface area contributed by atoms with Crippen LogP contribution in [0.1, 0.15) is 28.4 Å². The molecule has 1 aromatic heterocycles. The lowest BCUT2D eigenvalue weighted by atomic mass is 10.1. The van der Waals surface area contributed by atoms with Gasteiger partial charge in [0.05, 0.1) is 19.3 Å². The van der Waals surface area contributed by atoms with E-state index in [0.29, 0.717) is 31.0 Å². The standard InChI is InChI=1S/C25H28N2O4/c1-19(18-29-2)31-22-8-6-7-21(15-22)17-27(16-20-11-13-26-14-12-20)25(28)23-9-4-5-10-24(23)30-3/h4-15,19H,16-18H2,1-3H3/t19-/m1/s1. The zero-order valence-electron chi connectivity index (χ0n) is 18.2. The SMILES string of the molecule is COC[C@@H](C)Oc1cccc(CN(Cc2ccncc2)C(=O)c2ccccc2OC)c1. The molecule has 1 atom stereocenters. The average Bonchev–Trinajstić information content (AvgIpc) is 2.79. The van der Waals surface area contributed by atoms with Gasteiger partial charge in [-0.1, -0.05) is 24.3 Å². The largest absolute Gasteiger partial charge is 0.496 e. The van der Waals surface area contributed by atoms with Gasteiger partial charge >= 0.3 is 0 Å². The molecule has 0 saturated carbocycles. The Balaban J connectivity index is 1.86. The maximum Gasteiger partial charge on any atom is 0.258 e. The number of hydrogen-bond acceptors (Lipinski definition) is 5. The van der Waals surface area contributed by atoms with Crippen molar-refractivity contribution < 1.29 is 19.0 Å². The number of carbonyl (C=O) groups excluding carboxylic acids is 1. The maximum absolute atomic E-state index is 13.5. The molecule has 1 amide bonds. The lowest BCUT2D eigenvalue weighted by molar-refractivity contribution is 0.0725. The molecule has 31 heavy (non-hydrogen) atoms. The minimum absolute atomic E-state index is 0.0663. The molecule has 0 saturated heterocycles. The van der Waals surface area contributed by atoms with Crippen molar-refractivity contribution in [2.45, 2.75) is 26.1 Å². The van der Waals surface area contributed by atoms with E-state index in [1.54, 1.807) is 43.6 Å². The van der Waals surface area contributed by atoms with Gasteiger partial charge in [0.25, 0.3) is 5.91 Å². The molecular formula is C25H28N2O4. The van der Waals surface area contributed by atoms with Crippen LogP contribution < -0.4 is 9.47 Å². The fourth-order valence-corrected chi connectivity index (χ4v) is 3.34. The first-order valence-corrected chi connectivity index (χ1v) is 10.2. The molecule has 0 bridgehead atoms. The van der Waals surface area contributed by atoms with Crippen LogP contribution in [0.5, 0.6) is 11.5 Å². The molecule has 3 aromatic rings. The summed E-state index contributed by atoms with van der Waals surface area (Å²) in [5, 5.41) is 0. The normalized spacial score (nSPS) is 11.6. The van der Waals surface area contributed by atoms with Gasteiger partial charge in [-0.25, -0.2) is 0 Å². The van der Waals surface area contributed by atoms with Crippen LogP contribution in [0.15, 0.2) is 73.1 Å². The minimum Gasteiger partial charge on any atom is -0.496 e. The van der Waals surface area contributed by atoms with Crippen molar-refractivity contribution >= 4 is 5.91 Å². The number of nitrogens with zero attached hydrogens (tertiary/aromatic N) is 2. The van der Waals surface area contributed by atoms with E-state index in [2.05, 4.69) is 4.98 Å². The Morgan fingerprint density at radius 1 is 0.968 bits per heavy atom. The highest BCUT2D eigenvalue weighted by atomic mass is 16.5. The van der Waals surface area contributed by atoms with Gasteiger partial charge in [0.1, 0.15) is 17.6 Å². The van der Waals surface area contributed by atoms with Crippen LogP contribution in [0.2, 0.25) is 0 Å². The Bertz CT molecular complexity index is 978. The van der Waals surface area contributed by atoms with E-state index in [-0.39, 0.29) is 12.0 Å². The van der Waals surface area contributed by atoms with E-state index in [1.165, 1.54) is 0 Å². The predicted molar refractivity (Wildman–Crippen MR) is 119 cm³/mol. The van der Waals surface area contributed by atoms with Crippen LogP contribution in [-0.2, 0) is 17.8 Å². The molecule has 3 rings (SSSR count). The predicted octanol–water partition coefficient (Wildman–Crippen LogP) is 4.35. The van der Waals surface area contributed by atoms with Crippen LogP contribution in [0, 0.1) is 0 Å². The molecule has 0 aliphatic heterocycles. The van der Waals surface area contributed by atoms with Gasteiger partial charge in [-0.2, -0.15) is 0 Å². The van der Waals surface area contributed by atoms with Gasteiger partial charge in [-0.15, -0.1) is 0 Å². The third kappa shape index (κ3) is 6.30. The number of benzene rings is 2. The van der Waals surface area contributed by atoms with Crippen LogP contribution in [-0.4, -0.2) is 42.7 Å². The molecule has 6 heteroatoms. The number of hydrogen-bond donors (Lipinski definition) is 0. The summed E-state index contributed by atoms with van der Waals surface area (Å²) in [6.45, 7) is 3.33. The third-order valence-corrected chi connectivity index (χ3v) is 4.76. The zero-order chi connectivity index (χ0) is 22.1. The van der Waals surface area contributed by atoms with Gasteiger partial charge < -0.3 is 19.1 Å². The highest BCUT2D eigenvalue weighted by Gasteiger charge is 2.20. The number of para-hydroxylation sites is 1. The molecule has 0 aliphatic carbocycles. The lowest BCUT2D eigenvalue weighted by Gasteiger charge is -2.24. The number of aromatic nitrogens is 1. The number of amides is 1. The Morgan fingerprint density at radius 3 is 2.45 bits per heavy atom. The summed E-state index contributed by atoms with van der Waals surface area (Å²) in [6, 6.07) is 18.9. The van der Waals surface area contributed by atoms with Crippen molar-refractivity contribution in [2.75, 3.05) is 20.8 Å². The Hall–Kier alpha value is -3.38. The lowest BCUT2D eigenvalue weighted by Crippen LogP contribution is -2.30. The van der Waals surface area contributed by atoms with E-state index in [0.717, 1.165) is 16.9 Å². The maximum atomic E-state index is 13.5. The first-order chi connectivity index (χ1) is 15.1. The summed E-state index contributed by atoms with van der Waals surface area (Å²) in [4.78, 5) is 19.3. The van der Waals surface area contributed by atoms with Crippen molar-refractivity contribution in [3.05, 3.63) is 89.7 Å². The number of rotatable bonds is 10. The van der Waals surface area contributed by atoms with E-state index in [9.17, 15) is 4.79 Å². The van der Waals surface area contributed by atoms with Crippen molar-refractivity contribution in [1.29, 1.82) is 0 Å². The molecule has 0 N–H and O–H groups in total. The van der Waals surface area contributed by atoms with E-state index in [4.69, 9.17) is 14.2 Å². The third-order valence-electron chi connectivity index (χ3n) is 4.76. The van der Waals surface area contributed by atoms with Crippen molar-refractivity contribution in [3.63, 3.8) is 0 Å². The molecular weight excluding hydrogens is 392 g/mol. The van der Waals surface area contributed by atoms with E-state index in [1.807, 2.05) is 55.5 Å². The first kappa shape index (κ1) is 22.3. The monoisotopic (exact) mass is 420 g/mol. The van der Waals surface area contributed by atoms with Crippen molar-refractivity contribution in [2.24, 2.45) is 0 Å². The highest BCUT2D eigenvalue weighted by Crippen LogP contribution is 2.23. The zero-order valence-corrected chi connectivity index (χ0v) is 18.2. The van der Waals surface area contributed by atoms with Gasteiger partial charge in [0.2, 0.25) is 0 Å². The summed E-state index contributed by atoms with van der Waals surface area (Å²) in [7, 11) is 3.22. The number of pyridine rings is 1. The topological polar surface area (TPSA) is 60.9 Å².